The Bertz CT molecular complexity index is 692. The van der Waals surface area contributed by atoms with Gasteiger partial charge in [0.2, 0.25) is 0 Å². The molecule has 15 heavy (non-hydrogen) atoms. The number of aryl methyl sites for hydroxylation is 1. The minimum absolute atomic E-state index is 0.135. The third-order valence-electron chi connectivity index (χ3n) is 2.04. The van der Waals surface area contributed by atoms with Crippen molar-refractivity contribution in [1.29, 1.82) is 0 Å². The predicted molar refractivity (Wildman–Crippen MR) is 62.2 cm³/mol. The highest BCUT2D eigenvalue weighted by Gasteiger charge is 2.07. The maximum absolute atomic E-state index is 9.93. The summed E-state index contributed by atoms with van der Waals surface area (Å²) in [4.78, 5) is 3.13. The van der Waals surface area contributed by atoms with E-state index < -0.39 is 19.8 Å². The van der Waals surface area contributed by atoms with Crippen molar-refractivity contribution in [2.45, 2.75) is 6.37 Å². The van der Waals surface area contributed by atoms with Crippen molar-refractivity contribution in [2.75, 3.05) is 20.5 Å². The molecule has 0 radical (unpaired) electrons. The van der Waals surface area contributed by atoms with Crippen LogP contribution in [0.1, 0.15) is 15.2 Å². The smallest absolute Gasteiger partial charge is 0.125 e. The Balaban J connectivity index is 2.62. The van der Waals surface area contributed by atoms with E-state index in [0.29, 0.717) is 10.4 Å². The molecule has 1 aromatic heterocycles. The lowest BCUT2D eigenvalue weighted by Crippen LogP contribution is -2.14. The van der Waals surface area contributed by atoms with E-state index in [0.717, 1.165) is 7.05 Å². The van der Waals surface area contributed by atoms with Crippen molar-refractivity contribution in [3.63, 3.8) is 0 Å². The summed E-state index contributed by atoms with van der Waals surface area (Å²) in [5, 5.41) is 10.1. The number of likely N-dealkylation sites (N-methyl/N-ethyl adjacent to an activating group) is 1. The highest BCUT2D eigenvalue weighted by Crippen LogP contribution is 2.27. The number of aromatic amines is 1. The maximum atomic E-state index is 9.93. The number of hydrogen-bond donors (Lipinski definition) is 2. The lowest BCUT2D eigenvalue weighted by molar-refractivity contribution is 0.414. The molecule has 3 nitrogen and oxygen atoms in total. The maximum Gasteiger partial charge on any atom is 0.125 e. The van der Waals surface area contributed by atoms with Crippen LogP contribution in [0.3, 0.4) is 0 Å². The Morgan fingerprint density at radius 3 is 3.27 bits per heavy atom. The van der Waals surface area contributed by atoms with Gasteiger partial charge < -0.3 is 15.0 Å². The first-order valence-corrected chi connectivity index (χ1v) is 4.44. The monoisotopic (exact) mass is 211 g/mol. The first kappa shape index (κ1) is 4.58. The highest BCUT2D eigenvalue weighted by atomic mass is 16.3. The van der Waals surface area contributed by atoms with Gasteiger partial charge in [0.25, 0.3) is 0 Å². The fraction of sp³-hybridized carbons (Fsp3) is 0.333. The number of benzene rings is 1. The van der Waals surface area contributed by atoms with E-state index in [2.05, 4.69) is 4.98 Å². The van der Waals surface area contributed by atoms with Crippen LogP contribution in [-0.2, 0) is 6.37 Å². The van der Waals surface area contributed by atoms with E-state index in [1.807, 2.05) is 0 Å². The standard InChI is InChI=1S/C12H16N2O/c1-14(2)7-6-9-8-13-10-4-3-5-11(15)12(9)10/h3-5,8,13,15H,6-7H2,1-2H3/i1D3,6D2,7D2. The minimum atomic E-state index is -2.82. The van der Waals surface area contributed by atoms with Crippen molar-refractivity contribution in [2.24, 2.45) is 0 Å². The summed E-state index contributed by atoms with van der Waals surface area (Å²) in [5.41, 5.74) is 0.299. The summed E-state index contributed by atoms with van der Waals surface area (Å²) in [6.07, 6.45) is -1.43. The van der Waals surface area contributed by atoms with Crippen LogP contribution in [0.5, 0.6) is 5.75 Å². The van der Waals surface area contributed by atoms with Gasteiger partial charge in [0.15, 0.2) is 0 Å². The van der Waals surface area contributed by atoms with Crippen LogP contribution in [0.4, 0.5) is 0 Å². The van der Waals surface area contributed by atoms with Crippen LogP contribution in [0.25, 0.3) is 10.9 Å². The molecule has 1 aromatic carbocycles. The largest absolute Gasteiger partial charge is 0.507 e. The van der Waals surface area contributed by atoms with Crippen LogP contribution in [0, 0.1) is 0 Å². The number of nitrogens with one attached hydrogen (secondary N) is 1. The summed E-state index contributed by atoms with van der Waals surface area (Å²) >= 11 is 0. The molecule has 1 heterocycles. The zero-order chi connectivity index (χ0) is 16.9. The molecule has 80 valence electrons. The molecule has 0 saturated heterocycles. The Morgan fingerprint density at radius 2 is 2.47 bits per heavy atom. The van der Waals surface area contributed by atoms with Gasteiger partial charge in [-0.15, -0.1) is 0 Å². The SMILES string of the molecule is [2H]C([2H])([2H])N(C)C([2H])([2H])C([2H])([2H])c1c[nH]c2cccc(O)c12. The molecule has 0 saturated carbocycles. The van der Waals surface area contributed by atoms with Gasteiger partial charge in [0, 0.05) is 33.2 Å². The van der Waals surface area contributed by atoms with Crippen LogP contribution in [0.2, 0.25) is 0 Å². The van der Waals surface area contributed by atoms with Gasteiger partial charge in [0.1, 0.15) is 5.75 Å². The second-order valence-corrected chi connectivity index (χ2v) is 3.20. The highest BCUT2D eigenvalue weighted by molar-refractivity contribution is 5.88. The van der Waals surface area contributed by atoms with Crippen LogP contribution >= 0.6 is 0 Å². The van der Waals surface area contributed by atoms with Gasteiger partial charge in [-0.3, -0.25) is 0 Å². The number of H-pyrrole nitrogens is 1. The van der Waals surface area contributed by atoms with Gasteiger partial charge in [-0.2, -0.15) is 0 Å². The summed E-state index contributed by atoms with van der Waals surface area (Å²) in [7, 11) is 1.000. The number of fused-ring (bicyclic) bond motifs is 1. The number of rotatable bonds is 3. The van der Waals surface area contributed by atoms with Gasteiger partial charge >= 0.3 is 0 Å². The Morgan fingerprint density at radius 1 is 1.60 bits per heavy atom. The zero-order valence-electron chi connectivity index (χ0n) is 15.2. The number of hydrogen-bond acceptors (Lipinski definition) is 2. The fourth-order valence-corrected chi connectivity index (χ4v) is 1.41. The third-order valence-corrected chi connectivity index (χ3v) is 2.04. The van der Waals surface area contributed by atoms with Crippen molar-refractivity contribution in [3.05, 3.63) is 30.0 Å². The molecule has 3 heteroatoms. The normalized spacial score (nSPS) is 21.1. The first-order chi connectivity index (χ1) is 9.90. The van der Waals surface area contributed by atoms with Gasteiger partial charge in [0.05, 0.1) is 0 Å². The molecule has 0 aliphatic heterocycles. The van der Waals surface area contributed by atoms with E-state index >= 15 is 0 Å². The van der Waals surface area contributed by atoms with Gasteiger partial charge in [-0.05, 0) is 38.1 Å². The molecule has 0 bridgehead atoms. The van der Waals surface area contributed by atoms with Gasteiger partial charge in [-0.25, -0.2) is 0 Å². The van der Waals surface area contributed by atoms with Crippen molar-refractivity contribution >= 4 is 10.9 Å². The molecule has 0 unspecified atom stereocenters. The van der Waals surface area contributed by atoms with E-state index in [1.165, 1.54) is 12.3 Å². The second-order valence-electron chi connectivity index (χ2n) is 3.20. The lowest BCUT2D eigenvalue weighted by atomic mass is 10.1. The minimum Gasteiger partial charge on any atom is -0.507 e. The third kappa shape index (κ3) is 1.97. The summed E-state index contributed by atoms with van der Waals surface area (Å²) in [6, 6.07) is 4.53. The zero-order valence-corrected chi connectivity index (χ0v) is 8.20. The van der Waals surface area contributed by atoms with Gasteiger partial charge in [-0.1, -0.05) is 6.07 Å². The van der Waals surface area contributed by atoms with Crippen molar-refractivity contribution in [1.82, 2.24) is 9.88 Å². The molecular weight excluding hydrogens is 188 g/mol. The topological polar surface area (TPSA) is 39.3 Å². The number of aromatic nitrogens is 1. The summed E-state index contributed by atoms with van der Waals surface area (Å²) < 4.78 is 54.1. The van der Waals surface area contributed by atoms with Crippen LogP contribution < -0.4 is 0 Å². The van der Waals surface area contributed by atoms with E-state index in [1.54, 1.807) is 12.1 Å². The molecular formula is C12H16N2O. The number of aromatic hydroxyl groups is 1. The molecule has 0 amide bonds. The molecule has 2 rings (SSSR count). The van der Waals surface area contributed by atoms with E-state index in [-0.39, 0.29) is 16.7 Å². The quantitative estimate of drug-likeness (QED) is 0.815. The Kier molecular flexibility index (Phi) is 1.20. The average Bonchev–Trinajstić information content (AvgIpc) is 2.82. The molecule has 2 aromatic rings. The number of phenols is 1. The average molecular weight is 211 g/mol. The molecule has 0 atom stereocenters. The first-order valence-electron chi connectivity index (χ1n) is 7.94. The molecule has 2 N–H and O–H groups in total. The Hall–Kier alpha value is -1.48. The van der Waals surface area contributed by atoms with E-state index in [4.69, 9.17) is 9.60 Å². The summed E-state index contributed by atoms with van der Waals surface area (Å²) in [6.45, 7) is -5.62. The second kappa shape index (κ2) is 3.95. The van der Waals surface area contributed by atoms with E-state index in [9.17, 15) is 5.11 Å². The molecule has 0 spiro atoms. The van der Waals surface area contributed by atoms with Crippen LogP contribution in [-0.4, -0.2) is 35.5 Å². The Labute approximate surface area is 99.2 Å². The summed E-state index contributed by atoms with van der Waals surface area (Å²) in [5.74, 6) is -0.204. The molecule has 0 fully saturated rings. The fourth-order valence-electron chi connectivity index (χ4n) is 1.41. The number of phenolic OH excluding ortho intramolecular Hbond substituents is 1. The molecule has 0 aliphatic carbocycles. The number of nitrogens with zero attached hydrogens (tertiary/aromatic N) is 1. The van der Waals surface area contributed by atoms with Crippen LogP contribution in [0.15, 0.2) is 24.4 Å². The predicted octanol–water partition coefficient (Wildman–Crippen LogP) is 1.98. The lowest BCUT2D eigenvalue weighted by Gasteiger charge is -2.08. The van der Waals surface area contributed by atoms with Crippen molar-refractivity contribution < 1.29 is 14.7 Å². The molecule has 0 aliphatic rings. The van der Waals surface area contributed by atoms with Crippen molar-refractivity contribution in [3.8, 4) is 5.75 Å².